The minimum atomic E-state index is -0.818. The van der Waals surface area contributed by atoms with Crippen molar-refractivity contribution in [1.82, 2.24) is 14.8 Å². The second-order valence-corrected chi connectivity index (χ2v) is 6.46. The van der Waals surface area contributed by atoms with E-state index < -0.39 is 30.7 Å². The van der Waals surface area contributed by atoms with E-state index in [1.54, 1.807) is 44.2 Å². The lowest BCUT2D eigenvalue weighted by Crippen LogP contribution is -2.25. The van der Waals surface area contributed by atoms with Gasteiger partial charge in [-0.3, -0.25) is 14.4 Å². The molecular formula is C20H19N3O6. The van der Waals surface area contributed by atoms with Crippen LogP contribution in [0.4, 0.5) is 0 Å². The van der Waals surface area contributed by atoms with Crippen LogP contribution >= 0.6 is 0 Å². The average molecular weight is 397 g/mol. The normalized spacial score (nSPS) is 10.7. The van der Waals surface area contributed by atoms with Crippen LogP contribution in [0.3, 0.4) is 0 Å². The van der Waals surface area contributed by atoms with E-state index in [4.69, 9.17) is 9.15 Å². The average Bonchev–Trinajstić information content (AvgIpc) is 3.19. The third kappa shape index (κ3) is 4.23. The summed E-state index contributed by atoms with van der Waals surface area (Å²) >= 11 is 0. The quantitative estimate of drug-likeness (QED) is 0.478. The van der Waals surface area contributed by atoms with E-state index in [9.17, 15) is 19.2 Å². The lowest BCUT2D eigenvalue weighted by molar-refractivity contribution is -0.143. The Labute approximate surface area is 165 Å². The Bertz CT molecular complexity index is 1140. The smallest absolute Gasteiger partial charge is 0.437 e. The fourth-order valence-electron chi connectivity index (χ4n) is 3.05. The van der Waals surface area contributed by atoms with E-state index in [1.165, 1.54) is 6.92 Å². The fourth-order valence-corrected chi connectivity index (χ4v) is 3.05. The summed E-state index contributed by atoms with van der Waals surface area (Å²) < 4.78 is 10.8. The van der Waals surface area contributed by atoms with Crippen LogP contribution < -0.4 is 5.76 Å². The number of aromatic nitrogens is 3. The zero-order chi connectivity index (χ0) is 21.1. The molecule has 0 amide bonds. The summed E-state index contributed by atoms with van der Waals surface area (Å²) in [5, 5.41) is 3.96. The number of benzene rings is 1. The highest BCUT2D eigenvalue weighted by atomic mass is 16.5. The van der Waals surface area contributed by atoms with Gasteiger partial charge in [-0.15, -0.1) is 5.10 Å². The van der Waals surface area contributed by atoms with Gasteiger partial charge in [0.1, 0.15) is 6.54 Å². The monoisotopic (exact) mass is 397 g/mol. The third-order valence-electron chi connectivity index (χ3n) is 4.34. The molecule has 3 aromatic rings. The molecule has 3 rings (SSSR count). The molecule has 150 valence electrons. The predicted molar refractivity (Wildman–Crippen MR) is 102 cm³/mol. The molecule has 2 aromatic heterocycles. The summed E-state index contributed by atoms with van der Waals surface area (Å²) in [6.45, 7) is 3.72. The van der Waals surface area contributed by atoms with Crippen molar-refractivity contribution in [3.63, 3.8) is 0 Å². The zero-order valence-corrected chi connectivity index (χ0v) is 16.1. The highest BCUT2D eigenvalue weighted by molar-refractivity contribution is 6.04. The first-order valence-electron chi connectivity index (χ1n) is 8.80. The van der Waals surface area contributed by atoms with Gasteiger partial charge in [-0.25, -0.2) is 4.79 Å². The van der Waals surface area contributed by atoms with E-state index >= 15 is 0 Å². The topological polar surface area (TPSA) is 124 Å². The third-order valence-corrected chi connectivity index (χ3v) is 4.34. The van der Waals surface area contributed by atoms with Crippen molar-refractivity contribution >= 4 is 17.5 Å². The van der Waals surface area contributed by atoms with Gasteiger partial charge >= 0.3 is 11.7 Å². The number of aryl methyl sites for hydroxylation is 1. The van der Waals surface area contributed by atoms with Gasteiger partial charge in [0.2, 0.25) is 11.7 Å². The number of hydrogen-bond acceptors (Lipinski definition) is 7. The van der Waals surface area contributed by atoms with Crippen molar-refractivity contribution in [3.05, 3.63) is 63.4 Å². The van der Waals surface area contributed by atoms with Crippen molar-refractivity contribution in [2.45, 2.75) is 27.3 Å². The maximum Gasteiger partial charge on any atom is 0.437 e. The molecule has 0 aliphatic carbocycles. The molecule has 1 N–H and O–H groups in total. The molecule has 2 heterocycles. The van der Waals surface area contributed by atoms with Crippen molar-refractivity contribution < 1.29 is 23.5 Å². The summed E-state index contributed by atoms with van der Waals surface area (Å²) in [5.74, 6) is -2.19. The van der Waals surface area contributed by atoms with E-state index in [2.05, 4.69) is 10.1 Å². The maximum atomic E-state index is 12.3. The fraction of sp³-hybridized carbons (Fsp3) is 0.250. The van der Waals surface area contributed by atoms with Crippen LogP contribution in [0.25, 0.3) is 11.5 Å². The molecule has 29 heavy (non-hydrogen) atoms. The molecule has 0 atom stereocenters. The van der Waals surface area contributed by atoms with Crippen molar-refractivity contribution in [2.75, 3.05) is 6.61 Å². The standard InChI is InChI=1S/C20H19N3O6/c1-11-17(13(3)24)12(2)21-18(11)15(25)10-28-16(26)9-23-20(27)29-19(22-23)14-7-5-4-6-8-14/h4-8,21H,9-10H2,1-3H3. The number of rotatable bonds is 7. The zero-order valence-electron chi connectivity index (χ0n) is 16.1. The Morgan fingerprint density at radius 3 is 2.48 bits per heavy atom. The van der Waals surface area contributed by atoms with Gasteiger partial charge in [0.05, 0.1) is 5.69 Å². The van der Waals surface area contributed by atoms with Crippen molar-refractivity contribution in [3.8, 4) is 11.5 Å². The Balaban J connectivity index is 1.64. The maximum absolute atomic E-state index is 12.3. The molecule has 0 unspecified atom stereocenters. The van der Waals surface area contributed by atoms with Gasteiger partial charge in [-0.2, -0.15) is 4.68 Å². The number of hydrogen-bond donors (Lipinski definition) is 1. The summed E-state index contributed by atoms with van der Waals surface area (Å²) in [4.78, 5) is 50.8. The van der Waals surface area contributed by atoms with Gasteiger partial charge in [-0.05, 0) is 38.5 Å². The number of nitrogens with zero attached hydrogens (tertiary/aromatic N) is 2. The van der Waals surface area contributed by atoms with Crippen LogP contribution in [0.2, 0.25) is 0 Å². The molecule has 9 nitrogen and oxygen atoms in total. The number of ether oxygens (including phenoxy) is 1. The SMILES string of the molecule is CC(=O)c1c(C)[nH]c(C(=O)COC(=O)Cn2nc(-c3ccccc3)oc2=O)c1C. The van der Waals surface area contributed by atoms with E-state index in [1.807, 2.05) is 0 Å². The molecular weight excluding hydrogens is 378 g/mol. The summed E-state index contributed by atoms with van der Waals surface area (Å²) in [6.07, 6.45) is 0. The van der Waals surface area contributed by atoms with E-state index in [0.717, 1.165) is 4.68 Å². The minimum Gasteiger partial charge on any atom is -0.456 e. The lowest BCUT2D eigenvalue weighted by Gasteiger charge is -2.04. The second-order valence-electron chi connectivity index (χ2n) is 6.46. The molecule has 0 radical (unpaired) electrons. The van der Waals surface area contributed by atoms with Gasteiger partial charge < -0.3 is 14.1 Å². The van der Waals surface area contributed by atoms with E-state index in [-0.39, 0.29) is 17.4 Å². The summed E-state index contributed by atoms with van der Waals surface area (Å²) in [7, 11) is 0. The lowest BCUT2D eigenvalue weighted by atomic mass is 10.1. The number of H-pyrrole nitrogens is 1. The molecule has 0 aliphatic rings. The first-order chi connectivity index (χ1) is 13.8. The number of carbonyl (C=O) groups excluding carboxylic acids is 3. The Kier molecular flexibility index (Phi) is 5.58. The molecule has 0 saturated heterocycles. The van der Waals surface area contributed by atoms with Crippen LogP contribution in [0.1, 0.15) is 39.0 Å². The van der Waals surface area contributed by atoms with Crippen LogP contribution in [0.15, 0.2) is 39.5 Å². The van der Waals surface area contributed by atoms with Crippen LogP contribution in [0.5, 0.6) is 0 Å². The summed E-state index contributed by atoms with van der Waals surface area (Å²) in [5.41, 5.74) is 2.34. The largest absolute Gasteiger partial charge is 0.456 e. The number of esters is 1. The molecule has 0 bridgehead atoms. The number of Topliss-reactive ketones (excluding diaryl/α,β-unsaturated/α-hetero) is 2. The summed E-state index contributed by atoms with van der Waals surface area (Å²) in [6, 6.07) is 8.75. The first-order valence-corrected chi connectivity index (χ1v) is 8.80. The van der Waals surface area contributed by atoms with Gasteiger partial charge in [0.15, 0.2) is 12.4 Å². The molecule has 9 heteroatoms. The predicted octanol–water partition coefficient (Wildman–Crippen LogP) is 2.08. The Morgan fingerprint density at radius 2 is 1.86 bits per heavy atom. The number of nitrogens with one attached hydrogen (secondary N) is 1. The molecule has 0 aliphatic heterocycles. The highest BCUT2D eigenvalue weighted by Gasteiger charge is 2.21. The Morgan fingerprint density at radius 1 is 1.17 bits per heavy atom. The van der Waals surface area contributed by atoms with Gasteiger partial charge in [0.25, 0.3) is 0 Å². The number of carbonyl (C=O) groups is 3. The second kappa shape index (κ2) is 8.09. The van der Waals surface area contributed by atoms with Gasteiger partial charge in [-0.1, -0.05) is 18.2 Å². The van der Waals surface area contributed by atoms with Gasteiger partial charge in [0, 0.05) is 16.8 Å². The first kappa shape index (κ1) is 20.0. The van der Waals surface area contributed by atoms with Crippen molar-refractivity contribution in [2.24, 2.45) is 0 Å². The van der Waals surface area contributed by atoms with Crippen LogP contribution in [-0.4, -0.2) is 38.9 Å². The minimum absolute atomic E-state index is 0.0775. The number of aromatic amines is 1. The Hall–Kier alpha value is -3.75. The van der Waals surface area contributed by atoms with Crippen molar-refractivity contribution in [1.29, 1.82) is 0 Å². The molecule has 0 saturated carbocycles. The molecule has 0 fully saturated rings. The highest BCUT2D eigenvalue weighted by Crippen LogP contribution is 2.19. The van der Waals surface area contributed by atoms with Crippen LogP contribution in [0, 0.1) is 13.8 Å². The molecule has 0 spiro atoms. The van der Waals surface area contributed by atoms with E-state index in [0.29, 0.717) is 22.4 Å². The van der Waals surface area contributed by atoms with Crippen LogP contribution in [-0.2, 0) is 16.1 Å². The number of ketones is 2. The molecule has 1 aromatic carbocycles.